The molecule has 3 nitrogen and oxygen atoms in total. The number of hydrogen-bond donors (Lipinski definition) is 0. The summed E-state index contributed by atoms with van der Waals surface area (Å²) in [7, 11) is 0. The number of rotatable bonds is 6. The molecule has 0 saturated heterocycles. The van der Waals surface area contributed by atoms with Gasteiger partial charge in [-0.3, -0.25) is 0 Å². The normalized spacial score (nSPS) is 11.7. The van der Waals surface area contributed by atoms with Crippen LogP contribution in [0, 0.1) is 0 Å². The standard InChI is InChI=1S/C56H37N3/c1-3-19-40(20-4-1)58-51-28-13-11-25-46(51)49-36-42(31-34-53(49)58)57(43-32-35-54-50(37-43)47-26-12-14-29-52(47)59(54)41-21-5-2-6-22-41)55-33-30-39-17-8-10-24-45(39)56(55)48-27-15-18-38-16-7-9-23-44(38)48/h1-37H. The van der Waals surface area contributed by atoms with Crippen LogP contribution in [0.4, 0.5) is 17.1 Å². The van der Waals surface area contributed by atoms with Crippen molar-refractivity contribution >= 4 is 82.2 Å². The molecule has 12 aromatic rings. The highest BCUT2D eigenvalue weighted by Crippen LogP contribution is 2.48. The summed E-state index contributed by atoms with van der Waals surface area (Å²) < 4.78 is 4.78. The predicted molar refractivity (Wildman–Crippen MR) is 250 cm³/mol. The molecule has 0 atom stereocenters. The minimum Gasteiger partial charge on any atom is -0.310 e. The van der Waals surface area contributed by atoms with Gasteiger partial charge in [0.2, 0.25) is 0 Å². The maximum absolute atomic E-state index is 2.49. The summed E-state index contributed by atoms with van der Waals surface area (Å²) in [6.45, 7) is 0. The summed E-state index contributed by atoms with van der Waals surface area (Å²) in [5.41, 5.74) is 12.8. The third-order valence-electron chi connectivity index (χ3n) is 12.1. The Hall–Kier alpha value is -7.88. The molecule has 0 N–H and O–H groups in total. The van der Waals surface area contributed by atoms with E-state index >= 15 is 0 Å². The summed E-state index contributed by atoms with van der Waals surface area (Å²) in [6.07, 6.45) is 0. The van der Waals surface area contributed by atoms with Crippen LogP contribution < -0.4 is 4.90 Å². The Morgan fingerprint density at radius 2 is 0.729 bits per heavy atom. The number of anilines is 3. The molecule has 0 aliphatic carbocycles. The second-order valence-electron chi connectivity index (χ2n) is 15.3. The molecule has 2 aromatic heterocycles. The van der Waals surface area contributed by atoms with Crippen LogP contribution >= 0.6 is 0 Å². The van der Waals surface area contributed by atoms with E-state index in [0.29, 0.717) is 0 Å². The van der Waals surface area contributed by atoms with E-state index in [9.17, 15) is 0 Å². The largest absolute Gasteiger partial charge is 0.310 e. The SMILES string of the molecule is c1ccc(-n2c3ccccc3c3cc(N(c4ccc5c(c4)c4ccccc4n5-c4ccccc4)c4ccc5ccccc5c4-c4cccc5ccccc45)ccc32)cc1. The number of hydrogen-bond acceptors (Lipinski definition) is 1. The molecule has 3 heteroatoms. The van der Waals surface area contributed by atoms with E-state index < -0.39 is 0 Å². The Labute approximate surface area is 341 Å². The summed E-state index contributed by atoms with van der Waals surface area (Å²) in [4.78, 5) is 2.49. The van der Waals surface area contributed by atoms with Gasteiger partial charge in [0.25, 0.3) is 0 Å². The molecule has 0 spiro atoms. The van der Waals surface area contributed by atoms with Gasteiger partial charge in [-0.15, -0.1) is 0 Å². The van der Waals surface area contributed by atoms with Crippen molar-refractivity contribution in [1.29, 1.82) is 0 Å². The minimum absolute atomic E-state index is 1.09. The number of benzene rings is 10. The van der Waals surface area contributed by atoms with Gasteiger partial charge in [0.05, 0.1) is 27.8 Å². The third-order valence-corrected chi connectivity index (χ3v) is 12.1. The highest BCUT2D eigenvalue weighted by Gasteiger charge is 2.24. The lowest BCUT2D eigenvalue weighted by Gasteiger charge is -2.29. The first-order chi connectivity index (χ1) is 29.3. The predicted octanol–water partition coefficient (Wildman–Crippen LogP) is 15.3. The summed E-state index contributed by atoms with van der Waals surface area (Å²) in [5, 5.41) is 9.75. The molecule has 0 saturated carbocycles. The van der Waals surface area contributed by atoms with Crippen LogP contribution in [-0.4, -0.2) is 9.13 Å². The quantitative estimate of drug-likeness (QED) is 0.165. The maximum Gasteiger partial charge on any atom is 0.0546 e. The van der Waals surface area contributed by atoms with Gasteiger partial charge in [-0.1, -0.05) is 146 Å². The first kappa shape index (κ1) is 33.3. The third kappa shape index (κ3) is 5.22. The lowest BCUT2D eigenvalue weighted by atomic mass is 9.91. The van der Waals surface area contributed by atoms with Crippen LogP contribution in [0.1, 0.15) is 0 Å². The molecule has 12 rings (SSSR count). The Kier molecular flexibility index (Phi) is 7.54. The zero-order valence-electron chi connectivity index (χ0n) is 32.2. The van der Waals surface area contributed by atoms with Gasteiger partial charge in [0.15, 0.2) is 0 Å². The van der Waals surface area contributed by atoms with Crippen molar-refractivity contribution in [2.45, 2.75) is 0 Å². The van der Waals surface area contributed by atoms with Crippen molar-refractivity contribution in [3.05, 3.63) is 224 Å². The monoisotopic (exact) mass is 751 g/mol. The van der Waals surface area contributed by atoms with Crippen molar-refractivity contribution in [2.75, 3.05) is 4.90 Å². The lowest BCUT2D eigenvalue weighted by molar-refractivity contribution is 1.18. The number of para-hydroxylation sites is 4. The molecule has 0 unspecified atom stereocenters. The van der Waals surface area contributed by atoms with E-state index in [-0.39, 0.29) is 0 Å². The smallest absolute Gasteiger partial charge is 0.0546 e. The van der Waals surface area contributed by atoms with Crippen LogP contribution in [0.2, 0.25) is 0 Å². The van der Waals surface area contributed by atoms with Crippen molar-refractivity contribution in [3.8, 4) is 22.5 Å². The van der Waals surface area contributed by atoms with Crippen LogP contribution in [0.25, 0.3) is 87.7 Å². The minimum atomic E-state index is 1.09. The summed E-state index contributed by atoms with van der Waals surface area (Å²) in [6, 6.07) is 81.9. The fourth-order valence-corrected chi connectivity index (χ4v) is 9.51. The van der Waals surface area contributed by atoms with Gasteiger partial charge in [-0.25, -0.2) is 0 Å². The van der Waals surface area contributed by atoms with Crippen LogP contribution in [0.15, 0.2) is 224 Å². The van der Waals surface area contributed by atoms with Crippen molar-refractivity contribution in [1.82, 2.24) is 9.13 Å². The van der Waals surface area contributed by atoms with E-state index in [2.05, 4.69) is 238 Å². The van der Waals surface area contributed by atoms with Gasteiger partial charge in [0, 0.05) is 49.9 Å². The first-order valence-corrected chi connectivity index (χ1v) is 20.3. The van der Waals surface area contributed by atoms with E-state index in [0.717, 1.165) is 28.4 Å². The van der Waals surface area contributed by atoms with Gasteiger partial charge in [-0.05, 0) is 106 Å². The second-order valence-corrected chi connectivity index (χ2v) is 15.3. The Morgan fingerprint density at radius 1 is 0.288 bits per heavy atom. The molecule has 10 aromatic carbocycles. The Bertz CT molecular complexity index is 3400. The van der Waals surface area contributed by atoms with Crippen LogP contribution in [-0.2, 0) is 0 Å². The van der Waals surface area contributed by atoms with Crippen molar-refractivity contribution in [3.63, 3.8) is 0 Å². The summed E-state index contributed by atoms with van der Waals surface area (Å²) >= 11 is 0. The maximum atomic E-state index is 2.49. The van der Waals surface area contributed by atoms with Crippen LogP contribution in [0.5, 0.6) is 0 Å². The fraction of sp³-hybridized carbons (Fsp3) is 0. The van der Waals surface area contributed by atoms with E-state index in [4.69, 9.17) is 0 Å². The summed E-state index contributed by atoms with van der Waals surface area (Å²) in [5.74, 6) is 0. The van der Waals surface area contributed by atoms with Gasteiger partial charge in [0.1, 0.15) is 0 Å². The molecule has 0 aliphatic heterocycles. The molecular weight excluding hydrogens is 715 g/mol. The van der Waals surface area contributed by atoms with Crippen molar-refractivity contribution < 1.29 is 0 Å². The first-order valence-electron chi connectivity index (χ1n) is 20.3. The van der Waals surface area contributed by atoms with E-state index in [1.165, 1.54) is 76.3 Å². The molecule has 2 heterocycles. The molecular formula is C56H37N3. The number of aromatic nitrogens is 2. The van der Waals surface area contributed by atoms with Gasteiger partial charge in [-0.2, -0.15) is 0 Å². The zero-order chi connectivity index (χ0) is 38.9. The number of fused-ring (bicyclic) bond motifs is 8. The molecule has 276 valence electrons. The van der Waals surface area contributed by atoms with Gasteiger partial charge < -0.3 is 14.0 Å². The topological polar surface area (TPSA) is 13.1 Å². The highest BCUT2D eigenvalue weighted by molar-refractivity contribution is 6.15. The molecule has 59 heavy (non-hydrogen) atoms. The highest BCUT2D eigenvalue weighted by atomic mass is 15.1. The van der Waals surface area contributed by atoms with E-state index in [1.807, 2.05) is 0 Å². The van der Waals surface area contributed by atoms with Crippen molar-refractivity contribution in [2.24, 2.45) is 0 Å². The fourth-order valence-electron chi connectivity index (χ4n) is 9.51. The van der Waals surface area contributed by atoms with Crippen LogP contribution in [0.3, 0.4) is 0 Å². The second kappa shape index (κ2) is 13.4. The van der Waals surface area contributed by atoms with E-state index in [1.54, 1.807) is 0 Å². The molecule has 0 amide bonds. The Morgan fingerprint density at radius 3 is 1.31 bits per heavy atom. The molecule has 0 bridgehead atoms. The molecule has 0 aliphatic rings. The average molecular weight is 752 g/mol. The average Bonchev–Trinajstić information content (AvgIpc) is 3.82. The molecule has 0 fully saturated rings. The van der Waals surface area contributed by atoms with Gasteiger partial charge >= 0.3 is 0 Å². The lowest BCUT2D eigenvalue weighted by Crippen LogP contribution is -2.11. The zero-order valence-corrected chi connectivity index (χ0v) is 32.2. The Balaban J connectivity index is 1.18. The molecule has 0 radical (unpaired) electrons. The number of nitrogens with zero attached hydrogens (tertiary/aromatic N) is 3.